The van der Waals surface area contributed by atoms with Gasteiger partial charge < -0.3 is 15.2 Å². The highest BCUT2D eigenvalue weighted by molar-refractivity contribution is 5.61. The van der Waals surface area contributed by atoms with Crippen LogP contribution >= 0.6 is 0 Å². The molecule has 1 heterocycles. The molecular weight excluding hydrogens is 316 g/mol. The molecule has 0 aliphatic rings. The second-order valence-corrected chi connectivity index (χ2v) is 5.73. The molecule has 3 N–H and O–H groups in total. The Bertz CT molecular complexity index is 843. The van der Waals surface area contributed by atoms with Crippen LogP contribution in [0.15, 0.2) is 42.5 Å². The van der Waals surface area contributed by atoms with Crippen LogP contribution in [-0.2, 0) is 0 Å². The van der Waals surface area contributed by atoms with Crippen molar-refractivity contribution in [2.24, 2.45) is 5.73 Å². The van der Waals surface area contributed by atoms with Crippen LogP contribution in [0.4, 0.5) is 0 Å². The maximum atomic E-state index is 6.30. The minimum absolute atomic E-state index is 0.355. The van der Waals surface area contributed by atoms with E-state index in [9.17, 15) is 0 Å². The van der Waals surface area contributed by atoms with Gasteiger partial charge in [-0.15, -0.1) is 0 Å². The van der Waals surface area contributed by atoms with Crippen molar-refractivity contribution in [3.63, 3.8) is 0 Å². The van der Waals surface area contributed by atoms with Crippen LogP contribution in [0.25, 0.3) is 11.4 Å². The lowest BCUT2D eigenvalue weighted by molar-refractivity contribution is 0.311. The first-order valence-electron chi connectivity index (χ1n) is 8.18. The fourth-order valence-corrected chi connectivity index (χ4v) is 2.56. The number of methoxy groups -OCH3 is 1. The third kappa shape index (κ3) is 3.64. The van der Waals surface area contributed by atoms with Crippen molar-refractivity contribution < 1.29 is 9.47 Å². The van der Waals surface area contributed by atoms with Crippen LogP contribution in [0.3, 0.4) is 0 Å². The Morgan fingerprint density at radius 3 is 2.56 bits per heavy atom. The van der Waals surface area contributed by atoms with Crippen molar-refractivity contribution in [2.75, 3.05) is 13.7 Å². The molecule has 0 spiro atoms. The van der Waals surface area contributed by atoms with E-state index in [1.54, 1.807) is 7.11 Å². The largest absolute Gasteiger partial charge is 0.493 e. The summed E-state index contributed by atoms with van der Waals surface area (Å²) in [4.78, 5) is 4.54. The van der Waals surface area contributed by atoms with E-state index in [0.29, 0.717) is 29.8 Å². The zero-order valence-electron chi connectivity index (χ0n) is 14.6. The number of ether oxygens (including phenoxy) is 2. The Morgan fingerprint density at radius 2 is 1.88 bits per heavy atom. The molecule has 6 nitrogen and oxygen atoms in total. The monoisotopic (exact) mass is 338 g/mol. The Morgan fingerprint density at radius 1 is 1.12 bits per heavy atom. The number of aromatic nitrogens is 3. The average molecular weight is 338 g/mol. The summed E-state index contributed by atoms with van der Waals surface area (Å²) in [6.45, 7) is 4.55. The molecule has 0 bridgehead atoms. The molecule has 6 heteroatoms. The molecule has 0 unspecified atom stereocenters. The number of hydrogen-bond acceptors (Lipinski definition) is 5. The maximum Gasteiger partial charge on any atom is 0.181 e. The second kappa shape index (κ2) is 7.36. The molecule has 0 radical (unpaired) electrons. The van der Waals surface area contributed by atoms with Gasteiger partial charge in [-0.1, -0.05) is 29.8 Å². The molecule has 1 aromatic heterocycles. The number of nitrogens with one attached hydrogen (secondary N) is 1. The highest BCUT2D eigenvalue weighted by Crippen LogP contribution is 2.31. The maximum absolute atomic E-state index is 6.30. The van der Waals surface area contributed by atoms with Gasteiger partial charge in [0, 0.05) is 5.56 Å². The van der Waals surface area contributed by atoms with E-state index in [-0.39, 0.29) is 6.04 Å². The van der Waals surface area contributed by atoms with Gasteiger partial charge in [-0.05, 0) is 37.6 Å². The third-order valence-electron chi connectivity index (χ3n) is 3.96. The van der Waals surface area contributed by atoms with Crippen LogP contribution < -0.4 is 15.2 Å². The Labute approximate surface area is 147 Å². The van der Waals surface area contributed by atoms with Crippen LogP contribution in [0.5, 0.6) is 11.5 Å². The number of nitrogens with zero attached hydrogens (tertiary/aromatic N) is 2. The summed E-state index contributed by atoms with van der Waals surface area (Å²) in [6, 6.07) is 13.3. The van der Waals surface area contributed by atoms with Crippen molar-refractivity contribution >= 4 is 0 Å². The van der Waals surface area contributed by atoms with Crippen LogP contribution in [0, 0.1) is 6.92 Å². The quantitative estimate of drug-likeness (QED) is 0.720. The van der Waals surface area contributed by atoms with Gasteiger partial charge in [-0.3, -0.25) is 5.10 Å². The fraction of sp³-hybridized carbons (Fsp3) is 0.263. The molecule has 2 aromatic carbocycles. The average Bonchev–Trinajstić information content (AvgIpc) is 3.12. The summed E-state index contributed by atoms with van der Waals surface area (Å²) in [5.41, 5.74) is 9.31. The van der Waals surface area contributed by atoms with Gasteiger partial charge in [0.05, 0.1) is 19.8 Å². The van der Waals surface area contributed by atoms with Crippen LogP contribution in [0.1, 0.15) is 29.9 Å². The van der Waals surface area contributed by atoms with Gasteiger partial charge in [0.25, 0.3) is 0 Å². The first-order valence-corrected chi connectivity index (χ1v) is 8.18. The number of rotatable bonds is 6. The predicted octanol–water partition coefficient (Wildman–Crippen LogP) is 3.24. The van der Waals surface area contributed by atoms with Gasteiger partial charge >= 0.3 is 0 Å². The molecule has 0 aliphatic heterocycles. The standard InChI is InChI=1S/C19H22N4O2/c1-4-25-15-10-9-14(11-16(15)24-3)18-21-19(23-22-18)17(20)13-7-5-12(2)6-8-13/h5-11,17H,4,20H2,1-3H3,(H,21,22,23)/t17-/m1/s1. The number of aromatic amines is 1. The number of aryl methyl sites for hydroxylation is 1. The first-order chi connectivity index (χ1) is 12.1. The summed E-state index contributed by atoms with van der Waals surface area (Å²) in [6.07, 6.45) is 0. The third-order valence-corrected chi connectivity index (χ3v) is 3.96. The van der Waals surface area contributed by atoms with Crippen LogP contribution in [0.2, 0.25) is 0 Å². The van der Waals surface area contributed by atoms with Crippen molar-refractivity contribution in [3.05, 3.63) is 59.4 Å². The van der Waals surface area contributed by atoms with Crippen LogP contribution in [-0.4, -0.2) is 28.9 Å². The zero-order chi connectivity index (χ0) is 17.8. The fourth-order valence-electron chi connectivity index (χ4n) is 2.56. The summed E-state index contributed by atoms with van der Waals surface area (Å²) >= 11 is 0. The molecule has 0 saturated heterocycles. The molecular formula is C19H22N4O2. The SMILES string of the molecule is CCOc1ccc(-c2n[nH]c([C@H](N)c3ccc(C)cc3)n2)cc1OC. The Hall–Kier alpha value is -2.86. The van der Waals surface area contributed by atoms with Gasteiger partial charge in [-0.2, -0.15) is 5.10 Å². The van der Waals surface area contributed by atoms with Gasteiger partial charge in [0.1, 0.15) is 5.82 Å². The lowest BCUT2D eigenvalue weighted by atomic mass is 10.1. The molecule has 1 atom stereocenters. The minimum Gasteiger partial charge on any atom is -0.493 e. The molecule has 25 heavy (non-hydrogen) atoms. The van der Waals surface area contributed by atoms with E-state index in [2.05, 4.69) is 15.2 Å². The molecule has 0 fully saturated rings. The molecule has 0 aliphatic carbocycles. The lowest BCUT2D eigenvalue weighted by Gasteiger charge is -2.10. The van der Waals surface area contributed by atoms with Gasteiger partial charge in [0.15, 0.2) is 17.3 Å². The lowest BCUT2D eigenvalue weighted by Crippen LogP contribution is -2.13. The zero-order valence-corrected chi connectivity index (χ0v) is 14.6. The van der Waals surface area contributed by atoms with E-state index in [1.165, 1.54) is 5.56 Å². The van der Waals surface area contributed by atoms with Crippen molar-refractivity contribution in [3.8, 4) is 22.9 Å². The summed E-state index contributed by atoms with van der Waals surface area (Å²) in [5.74, 6) is 2.53. The number of hydrogen-bond donors (Lipinski definition) is 2. The van der Waals surface area contributed by atoms with E-state index < -0.39 is 0 Å². The molecule has 130 valence electrons. The predicted molar refractivity (Wildman–Crippen MR) is 96.7 cm³/mol. The van der Waals surface area contributed by atoms with Gasteiger partial charge in [0.2, 0.25) is 0 Å². The van der Waals surface area contributed by atoms with E-state index in [0.717, 1.165) is 11.1 Å². The topological polar surface area (TPSA) is 86.0 Å². The summed E-state index contributed by atoms with van der Waals surface area (Å²) in [5, 5.41) is 7.23. The highest BCUT2D eigenvalue weighted by Gasteiger charge is 2.16. The molecule has 3 rings (SSSR count). The normalized spacial score (nSPS) is 12.0. The van der Waals surface area contributed by atoms with E-state index in [1.807, 2.05) is 56.3 Å². The Balaban J connectivity index is 1.87. The summed E-state index contributed by atoms with van der Waals surface area (Å²) in [7, 11) is 1.61. The first kappa shape index (κ1) is 17.0. The Kier molecular flexibility index (Phi) is 5.00. The molecule has 3 aromatic rings. The second-order valence-electron chi connectivity index (χ2n) is 5.73. The molecule has 0 amide bonds. The smallest absolute Gasteiger partial charge is 0.181 e. The van der Waals surface area contributed by atoms with E-state index in [4.69, 9.17) is 15.2 Å². The number of benzene rings is 2. The van der Waals surface area contributed by atoms with Crippen molar-refractivity contribution in [2.45, 2.75) is 19.9 Å². The number of nitrogens with two attached hydrogens (primary N) is 1. The highest BCUT2D eigenvalue weighted by atomic mass is 16.5. The van der Waals surface area contributed by atoms with Crippen molar-refractivity contribution in [1.82, 2.24) is 15.2 Å². The minimum atomic E-state index is -0.355. The van der Waals surface area contributed by atoms with Crippen molar-refractivity contribution in [1.29, 1.82) is 0 Å². The summed E-state index contributed by atoms with van der Waals surface area (Å²) < 4.78 is 10.9. The van der Waals surface area contributed by atoms with E-state index >= 15 is 0 Å². The van der Waals surface area contributed by atoms with Gasteiger partial charge in [-0.25, -0.2) is 4.98 Å². The molecule has 0 saturated carbocycles. The number of H-pyrrole nitrogens is 1.